The minimum Gasteiger partial charge on any atom is -0.348 e. The molecule has 0 saturated carbocycles. The first-order valence-electron chi connectivity index (χ1n) is 9.84. The molecule has 0 radical (unpaired) electrons. The third kappa shape index (κ3) is 5.11. The van der Waals surface area contributed by atoms with Crippen molar-refractivity contribution >= 4 is 33.2 Å². The van der Waals surface area contributed by atoms with Gasteiger partial charge in [0.15, 0.2) is 0 Å². The van der Waals surface area contributed by atoms with Gasteiger partial charge in [0.05, 0.1) is 18.0 Å². The summed E-state index contributed by atoms with van der Waals surface area (Å²) < 4.78 is 25.9. The van der Waals surface area contributed by atoms with Gasteiger partial charge in [-0.05, 0) is 80.5 Å². The summed E-state index contributed by atoms with van der Waals surface area (Å²) >= 11 is 5.91. The maximum Gasteiger partial charge on any atom is 0.244 e. The maximum absolute atomic E-state index is 12.9. The number of anilines is 1. The highest BCUT2D eigenvalue weighted by Gasteiger charge is 2.30. The van der Waals surface area contributed by atoms with Crippen molar-refractivity contribution in [2.24, 2.45) is 0 Å². The monoisotopic (exact) mass is 434 g/mol. The number of aryl methyl sites for hydroxylation is 2. The summed E-state index contributed by atoms with van der Waals surface area (Å²) in [5.74, 6) is -0.351. The second kappa shape index (κ2) is 8.76. The van der Waals surface area contributed by atoms with Crippen molar-refractivity contribution in [1.82, 2.24) is 5.32 Å². The number of benzene rings is 2. The van der Waals surface area contributed by atoms with Gasteiger partial charge in [0.1, 0.15) is 6.04 Å². The van der Waals surface area contributed by atoms with Crippen LogP contribution in [0.25, 0.3) is 0 Å². The Morgan fingerprint density at radius 3 is 2.28 bits per heavy atom. The van der Waals surface area contributed by atoms with E-state index in [1.807, 2.05) is 13.0 Å². The van der Waals surface area contributed by atoms with E-state index in [1.54, 1.807) is 31.2 Å². The first-order valence-corrected chi connectivity index (χ1v) is 12.1. The Morgan fingerprint density at radius 1 is 1.03 bits per heavy atom. The fraction of sp³-hybridized carbons (Fsp3) is 0.409. The van der Waals surface area contributed by atoms with Crippen LogP contribution in [0.15, 0.2) is 42.5 Å². The van der Waals surface area contributed by atoms with Gasteiger partial charge in [0, 0.05) is 5.02 Å². The van der Waals surface area contributed by atoms with Crippen molar-refractivity contribution in [3.8, 4) is 0 Å². The zero-order chi connectivity index (χ0) is 21.2. The summed E-state index contributed by atoms with van der Waals surface area (Å²) in [7, 11) is -3.66. The molecular formula is C22H27ClN2O3S. The van der Waals surface area contributed by atoms with Gasteiger partial charge in [0.25, 0.3) is 0 Å². The first kappa shape index (κ1) is 21.7. The summed E-state index contributed by atoms with van der Waals surface area (Å²) in [6.07, 6.45) is 5.69. The molecule has 0 saturated heterocycles. The Hall–Kier alpha value is -2.05. The number of nitrogens with zero attached hydrogens (tertiary/aromatic N) is 1. The van der Waals surface area contributed by atoms with Crippen molar-refractivity contribution in [3.05, 3.63) is 64.2 Å². The predicted molar refractivity (Wildman–Crippen MR) is 118 cm³/mol. The first-order chi connectivity index (χ1) is 13.7. The number of hydrogen-bond donors (Lipinski definition) is 1. The Kier molecular flexibility index (Phi) is 6.54. The summed E-state index contributed by atoms with van der Waals surface area (Å²) in [6, 6.07) is 11.7. The van der Waals surface area contributed by atoms with Crippen LogP contribution < -0.4 is 9.62 Å². The SMILES string of the molecule is C[C@H](NC(=O)[C@@H](C)N(c1ccc(Cl)cc1)S(C)(=O)=O)c1ccc2c(c1)CCCC2. The molecule has 0 unspecified atom stereocenters. The molecule has 7 heteroatoms. The van der Waals surface area contributed by atoms with E-state index >= 15 is 0 Å². The highest BCUT2D eigenvalue weighted by atomic mass is 35.5. The predicted octanol–water partition coefficient (Wildman–Crippen LogP) is 4.25. The van der Waals surface area contributed by atoms with Crippen molar-refractivity contribution in [1.29, 1.82) is 0 Å². The van der Waals surface area contributed by atoms with Crippen LogP contribution in [0.5, 0.6) is 0 Å². The Labute approximate surface area is 178 Å². The molecule has 0 fully saturated rings. The molecule has 2 aromatic rings. The second-order valence-electron chi connectivity index (χ2n) is 7.68. The number of hydrogen-bond acceptors (Lipinski definition) is 3. The molecule has 1 N–H and O–H groups in total. The fourth-order valence-electron chi connectivity index (χ4n) is 3.84. The van der Waals surface area contributed by atoms with Crippen LogP contribution in [-0.4, -0.2) is 26.6 Å². The van der Waals surface area contributed by atoms with Gasteiger partial charge >= 0.3 is 0 Å². The lowest BCUT2D eigenvalue weighted by molar-refractivity contribution is -0.122. The number of nitrogens with one attached hydrogen (secondary N) is 1. The highest BCUT2D eigenvalue weighted by molar-refractivity contribution is 7.92. The Morgan fingerprint density at radius 2 is 1.66 bits per heavy atom. The molecule has 156 valence electrons. The smallest absolute Gasteiger partial charge is 0.244 e. The topological polar surface area (TPSA) is 66.5 Å². The van der Waals surface area contributed by atoms with Gasteiger partial charge in [-0.15, -0.1) is 0 Å². The van der Waals surface area contributed by atoms with Gasteiger partial charge in [-0.25, -0.2) is 8.42 Å². The van der Waals surface area contributed by atoms with E-state index in [0.717, 1.165) is 29.0 Å². The largest absolute Gasteiger partial charge is 0.348 e. The lowest BCUT2D eigenvalue weighted by Gasteiger charge is -2.29. The molecule has 2 aromatic carbocycles. The average Bonchev–Trinajstić information content (AvgIpc) is 2.68. The number of carbonyl (C=O) groups excluding carboxylic acids is 1. The molecule has 1 amide bonds. The number of rotatable bonds is 6. The van der Waals surface area contributed by atoms with Gasteiger partial charge in [-0.3, -0.25) is 9.10 Å². The maximum atomic E-state index is 12.9. The van der Waals surface area contributed by atoms with E-state index < -0.39 is 16.1 Å². The third-order valence-electron chi connectivity index (χ3n) is 5.40. The molecular weight excluding hydrogens is 408 g/mol. The summed E-state index contributed by atoms with van der Waals surface area (Å²) in [4.78, 5) is 12.9. The molecule has 2 atom stereocenters. The fourth-order valence-corrected chi connectivity index (χ4v) is 5.14. The lowest BCUT2D eigenvalue weighted by Crippen LogP contribution is -2.48. The standard InChI is InChI=1S/C22H27ClN2O3S/c1-15(18-9-8-17-6-4-5-7-19(17)14-18)24-22(26)16(2)25(29(3,27)28)21-12-10-20(23)11-13-21/h8-16H,4-7H2,1-3H3,(H,24,26)/t15-,16+/m0/s1. The summed E-state index contributed by atoms with van der Waals surface area (Å²) in [6.45, 7) is 3.51. The van der Waals surface area contributed by atoms with Crippen LogP contribution in [-0.2, 0) is 27.7 Å². The van der Waals surface area contributed by atoms with Crippen LogP contribution in [0, 0.1) is 0 Å². The van der Waals surface area contributed by atoms with Gasteiger partial charge in [0.2, 0.25) is 15.9 Å². The van der Waals surface area contributed by atoms with Crippen molar-refractivity contribution in [3.63, 3.8) is 0 Å². The van der Waals surface area contributed by atoms with E-state index in [1.165, 1.54) is 24.0 Å². The average molecular weight is 435 g/mol. The molecule has 0 aliphatic heterocycles. The van der Waals surface area contributed by atoms with Crippen molar-refractivity contribution in [2.75, 3.05) is 10.6 Å². The van der Waals surface area contributed by atoms with Gasteiger partial charge in [-0.1, -0.05) is 29.8 Å². The van der Waals surface area contributed by atoms with E-state index in [2.05, 4.69) is 17.4 Å². The second-order valence-corrected chi connectivity index (χ2v) is 9.97. The number of fused-ring (bicyclic) bond motifs is 1. The molecule has 0 spiro atoms. The van der Waals surface area contributed by atoms with Crippen LogP contribution in [0.4, 0.5) is 5.69 Å². The zero-order valence-corrected chi connectivity index (χ0v) is 18.6. The summed E-state index contributed by atoms with van der Waals surface area (Å²) in [5, 5.41) is 3.47. The molecule has 0 heterocycles. The minimum atomic E-state index is -3.66. The number of amides is 1. The quantitative estimate of drug-likeness (QED) is 0.739. The summed E-state index contributed by atoms with van der Waals surface area (Å²) in [5.41, 5.74) is 4.17. The lowest BCUT2D eigenvalue weighted by atomic mass is 9.89. The molecule has 1 aliphatic carbocycles. The van der Waals surface area contributed by atoms with Crippen molar-refractivity contribution < 1.29 is 13.2 Å². The third-order valence-corrected chi connectivity index (χ3v) is 6.89. The Bertz CT molecular complexity index is 990. The molecule has 29 heavy (non-hydrogen) atoms. The number of carbonyl (C=O) groups is 1. The van der Waals surface area contributed by atoms with Crippen LogP contribution >= 0.6 is 11.6 Å². The zero-order valence-electron chi connectivity index (χ0n) is 17.0. The molecule has 5 nitrogen and oxygen atoms in total. The van der Waals surface area contributed by atoms with E-state index in [9.17, 15) is 13.2 Å². The molecule has 0 aromatic heterocycles. The number of halogens is 1. The van der Waals surface area contributed by atoms with E-state index in [0.29, 0.717) is 10.7 Å². The molecule has 3 rings (SSSR count). The minimum absolute atomic E-state index is 0.219. The Balaban J connectivity index is 1.78. The highest BCUT2D eigenvalue weighted by Crippen LogP contribution is 2.26. The van der Waals surface area contributed by atoms with Crippen LogP contribution in [0.3, 0.4) is 0 Å². The molecule has 1 aliphatic rings. The van der Waals surface area contributed by atoms with Gasteiger partial charge in [-0.2, -0.15) is 0 Å². The molecule has 0 bridgehead atoms. The van der Waals surface area contributed by atoms with Crippen molar-refractivity contribution in [2.45, 2.75) is 51.6 Å². The van der Waals surface area contributed by atoms with Crippen LogP contribution in [0.2, 0.25) is 5.02 Å². The van der Waals surface area contributed by atoms with E-state index in [4.69, 9.17) is 11.6 Å². The van der Waals surface area contributed by atoms with E-state index in [-0.39, 0.29) is 11.9 Å². The normalized spacial score (nSPS) is 15.9. The van der Waals surface area contributed by atoms with Crippen LogP contribution in [0.1, 0.15) is 49.4 Å². The number of sulfonamides is 1. The van der Waals surface area contributed by atoms with Gasteiger partial charge < -0.3 is 5.32 Å².